The predicted octanol–water partition coefficient (Wildman–Crippen LogP) is -0.642. The first kappa shape index (κ1) is 16.3. The van der Waals surface area contributed by atoms with E-state index in [1.165, 1.54) is 13.4 Å². The quantitative estimate of drug-likeness (QED) is 0.267. The SMILES string of the molecule is Cn1nnc2c(C(=O)OCCCCCO[N+](=O)[O-])ncn2c1=O. The highest BCUT2D eigenvalue weighted by molar-refractivity contribution is 5.93. The first-order chi connectivity index (χ1) is 11.0. The smallest absolute Gasteiger partial charge is 0.360 e. The standard InChI is InChI=1S/C11H14N6O6/c1-15-11(19)16-7-12-8(9(16)13-14-15)10(18)22-5-3-2-4-6-23-17(20)21/h7H,2-6H2,1H3. The van der Waals surface area contributed by atoms with Crippen molar-refractivity contribution >= 4 is 11.6 Å². The Kier molecular flexibility index (Phi) is 5.17. The predicted molar refractivity (Wildman–Crippen MR) is 73.1 cm³/mol. The topological polar surface area (TPSA) is 144 Å². The van der Waals surface area contributed by atoms with E-state index in [0.717, 1.165) is 9.08 Å². The zero-order valence-electron chi connectivity index (χ0n) is 12.2. The van der Waals surface area contributed by atoms with Gasteiger partial charge in [-0.2, -0.15) is 4.68 Å². The number of hydrogen-bond donors (Lipinski definition) is 0. The van der Waals surface area contributed by atoms with Gasteiger partial charge in [0.25, 0.3) is 5.09 Å². The van der Waals surface area contributed by atoms with Crippen molar-refractivity contribution in [3.63, 3.8) is 0 Å². The van der Waals surface area contributed by atoms with Gasteiger partial charge in [0.1, 0.15) is 6.33 Å². The average molecular weight is 326 g/mol. The van der Waals surface area contributed by atoms with Crippen LogP contribution in [-0.4, -0.2) is 48.6 Å². The van der Waals surface area contributed by atoms with Crippen molar-refractivity contribution in [2.24, 2.45) is 7.05 Å². The molecule has 0 saturated heterocycles. The minimum atomic E-state index is -0.852. The number of nitrogens with zero attached hydrogens (tertiary/aromatic N) is 6. The summed E-state index contributed by atoms with van der Waals surface area (Å²) >= 11 is 0. The van der Waals surface area contributed by atoms with Gasteiger partial charge in [0.15, 0.2) is 11.3 Å². The van der Waals surface area contributed by atoms with Crippen molar-refractivity contribution in [1.29, 1.82) is 0 Å². The normalized spacial score (nSPS) is 10.7. The second-order valence-corrected chi connectivity index (χ2v) is 4.54. The maximum absolute atomic E-state index is 11.9. The van der Waals surface area contributed by atoms with Crippen molar-refractivity contribution in [3.05, 3.63) is 32.6 Å². The molecule has 0 spiro atoms. The lowest BCUT2D eigenvalue weighted by atomic mass is 10.2. The molecule has 12 heteroatoms. The van der Waals surface area contributed by atoms with Gasteiger partial charge in [0.05, 0.1) is 13.2 Å². The highest BCUT2D eigenvalue weighted by Gasteiger charge is 2.18. The van der Waals surface area contributed by atoms with Gasteiger partial charge >= 0.3 is 11.7 Å². The van der Waals surface area contributed by atoms with Gasteiger partial charge in [-0.05, 0) is 19.3 Å². The van der Waals surface area contributed by atoms with Crippen LogP contribution in [0.4, 0.5) is 0 Å². The van der Waals surface area contributed by atoms with Gasteiger partial charge < -0.3 is 9.57 Å². The van der Waals surface area contributed by atoms with E-state index in [2.05, 4.69) is 20.1 Å². The number of unbranched alkanes of at least 4 members (excludes halogenated alkanes) is 2. The lowest BCUT2D eigenvalue weighted by Crippen LogP contribution is -2.27. The second kappa shape index (κ2) is 7.29. The summed E-state index contributed by atoms with van der Waals surface area (Å²) in [7, 11) is 1.43. The Morgan fingerprint density at radius 2 is 2.09 bits per heavy atom. The molecule has 0 unspecified atom stereocenters. The molecule has 0 atom stereocenters. The molecule has 0 aromatic carbocycles. The highest BCUT2D eigenvalue weighted by atomic mass is 16.9. The molecule has 0 saturated carbocycles. The number of carbonyl (C=O) groups excluding carboxylic acids is 1. The Bertz CT molecular complexity index is 768. The molecule has 0 N–H and O–H groups in total. The van der Waals surface area contributed by atoms with Gasteiger partial charge in [0.2, 0.25) is 0 Å². The highest BCUT2D eigenvalue weighted by Crippen LogP contribution is 2.06. The third-order valence-corrected chi connectivity index (χ3v) is 2.91. The molecule has 0 fully saturated rings. The van der Waals surface area contributed by atoms with Gasteiger partial charge in [-0.15, -0.1) is 15.2 Å². The lowest BCUT2D eigenvalue weighted by molar-refractivity contribution is -0.757. The molecule has 0 aliphatic rings. The summed E-state index contributed by atoms with van der Waals surface area (Å²) in [5.74, 6) is -0.711. The van der Waals surface area contributed by atoms with E-state index in [0.29, 0.717) is 19.3 Å². The van der Waals surface area contributed by atoms with E-state index in [9.17, 15) is 19.7 Å². The van der Waals surface area contributed by atoms with Crippen molar-refractivity contribution in [3.8, 4) is 0 Å². The summed E-state index contributed by atoms with van der Waals surface area (Å²) < 4.78 is 7.13. The number of aryl methyl sites for hydroxylation is 1. The summed E-state index contributed by atoms with van der Waals surface area (Å²) in [5, 5.41) is 16.4. The molecule has 12 nitrogen and oxygen atoms in total. The molecule has 0 bridgehead atoms. The molecule has 2 heterocycles. The van der Waals surface area contributed by atoms with Crippen molar-refractivity contribution in [2.45, 2.75) is 19.3 Å². The van der Waals surface area contributed by atoms with Crippen molar-refractivity contribution in [2.75, 3.05) is 13.2 Å². The van der Waals surface area contributed by atoms with Crippen LogP contribution in [0.25, 0.3) is 5.65 Å². The molecule has 124 valence electrons. The molecule has 0 radical (unpaired) electrons. The van der Waals surface area contributed by atoms with Crippen LogP contribution in [0, 0.1) is 10.1 Å². The van der Waals surface area contributed by atoms with Gasteiger partial charge in [0, 0.05) is 7.05 Å². The molecule has 23 heavy (non-hydrogen) atoms. The zero-order valence-corrected chi connectivity index (χ0v) is 12.2. The fourth-order valence-corrected chi connectivity index (χ4v) is 1.78. The van der Waals surface area contributed by atoms with Crippen LogP contribution in [0.2, 0.25) is 0 Å². The Balaban J connectivity index is 1.84. The number of hydrogen-bond acceptors (Lipinski definition) is 9. The van der Waals surface area contributed by atoms with Crippen molar-refractivity contribution < 1.29 is 19.5 Å². The minimum Gasteiger partial charge on any atom is -0.461 e. The van der Waals surface area contributed by atoms with Gasteiger partial charge in [-0.3, -0.25) is 0 Å². The molecular formula is C11H14N6O6. The third-order valence-electron chi connectivity index (χ3n) is 2.91. The summed E-state index contributed by atoms with van der Waals surface area (Å²) in [5.41, 5.74) is -0.545. The summed E-state index contributed by atoms with van der Waals surface area (Å²) in [6.07, 6.45) is 2.78. The fourth-order valence-electron chi connectivity index (χ4n) is 1.78. The number of ether oxygens (including phenoxy) is 1. The van der Waals surface area contributed by atoms with Crippen molar-refractivity contribution in [1.82, 2.24) is 24.4 Å². The largest absolute Gasteiger partial charge is 0.461 e. The van der Waals surface area contributed by atoms with E-state index in [-0.39, 0.29) is 24.6 Å². The lowest BCUT2D eigenvalue weighted by Gasteiger charge is -2.03. The summed E-state index contributed by atoms with van der Waals surface area (Å²) in [6.45, 7) is 0.125. The number of aromatic nitrogens is 5. The van der Waals surface area contributed by atoms with Crippen LogP contribution >= 0.6 is 0 Å². The first-order valence-corrected chi connectivity index (χ1v) is 6.72. The first-order valence-electron chi connectivity index (χ1n) is 6.72. The van der Waals surface area contributed by atoms with Crippen LogP contribution in [0.5, 0.6) is 0 Å². The molecule has 0 amide bonds. The monoisotopic (exact) mass is 326 g/mol. The number of carbonyl (C=O) groups is 1. The van der Waals surface area contributed by atoms with E-state index in [4.69, 9.17) is 4.74 Å². The van der Waals surface area contributed by atoms with E-state index >= 15 is 0 Å². The number of esters is 1. The van der Waals surface area contributed by atoms with E-state index in [1.54, 1.807) is 0 Å². The average Bonchev–Trinajstić information content (AvgIpc) is 2.94. The second-order valence-electron chi connectivity index (χ2n) is 4.54. The summed E-state index contributed by atoms with van der Waals surface area (Å²) in [4.78, 5) is 41.6. The maximum Gasteiger partial charge on any atom is 0.360 e. The Labute approximate surface area is 128 Å². The van der Waals surface area contributed by atoms with Crippen LogP contribution < -0.4 is 5.69 Å². The Morgan fingerprint density at radius 3 is 2.83 bits per heavy atom. The summed E-state index contributed by atoms with van der Waals surface area (Å²) in [6, 6.07) is 0. The third kappa shape index (κ3) is 3.99. The molecule has 2 aromatic rings. The Hall–Kier alpha value is -3.05. The number of fused-ring (bicyclic) bond motifs is 1. The van der Waals surface area contributed by atoms with Gasteiger partial charge in [-0.1, -0.05) is 5.21 Å². The molecule has 2 rings (SSSR count). The molecular weight excluding hydrogens is 312 g/mol. The van der Waals surface area contributed by atoms with Crippen LogP contribution in [-0.2, 0) is 16.6 Å². The van der Waals surface area contributed by atoms with Gasteiger partial charge in [-0.25, -0.2) is 19.0 Å². The molecule has 0 aliphatic heterocycles. The zero-order chi connectivity index (χ0) is 16.8. The number of rotatable bonds is 8. The molecule has 2 aromatic heterocycles. The van der Waals surface area contributed by atoms with Crippen LogP contribution in [0.1, 0.15) is 29.8 Å². The van der Waals surface area contributed by atoms with E-state index in [1.807, 2.05) is 0 Å². The minimum absolute atomic E-state index is 0.00547. The van der Waals surface area contributed by atoms with Crippen LogP contribution in [0.15, 0.2) is 11.1 Å². The molecule has 0 aliphatic carbocycles. The number of imidazole rings is 1. The van der Waals surface area contributed by atoms with Crippen LogP contribution in [0.3, 0.4) is 0 Å². The Morgan fingerprint density at radius 1 is 1.35 bits per heavy atom. The maximum atomic E-state index is 11.9. The van der Waals surface area contributed by atoms with E-state index < -0.39 is 16.7 Å². The fraction of sp³-hybridized carbons (Fsp3) is 0.545.